The summed E-state index contributed by atoms with van der Waals surface area (Å²) in [6.45, 7) is 2.12. The Bertz CT molecular complexity index is 1560. The van der Waals surface area contributed by atoms with E-state index in [0.29, 0.717) is 13.2 Å². The van der Waals surface area contributed by atoms with Gasteiger partial charge in [-0.05, 0) is 78.0 Å². The molecule has 0 spiro atoms. The quantitative estimate of drug-likeness (QED) is 0.159. The smallest absolute Gasteiger partial charge is 0.143 e. The molecule has 0 unspecified atom stereocenters. The fraction of sp³-hybridized carbons (Fsp3) is 0.200. The zero-order valence-corrected chi connectivity index (χ0v) is 25.1. The molecule has 0 N–H and O–H groups in total. The minimum absolute atomic E-state index is 0.550. The van der Waals surface area contributed by atoms with Crippen LogP contribution in [0.25, 0.3) is 5.57 Å². The molecule has 0 aliphatic carbocycles. The second kappa shape index (κ2) is 13.2. The molecular formula is C40H39NO2. The molecule has 1 aliphatic rings. The van der Waals surface area contributed by atoms with Gasteiger partial charge in [0.2, 0.25) is 0 Å². The molecule has 0 radical (unpaired) electrons. The van der Waals surface area contributed by atoms with Crippen LogP contribution in [0.5, 0.6) is 5.75 Å². The third-order valence-corrected chi connectivity index (χ3v) is 8.20. The summed E-state index contributed by atoms with van der Waals surface area (Å²) in [7, 11) is 4.24. The maximum Gasteiger partial charge on any atom is 0.143 e. The second-order valence-electron chi connectivity index (χ2n) is 11.4. The van der Waals surface area contributed by atoms with Gasteiger partial charge in [0.25, 0.3) is 0 Å². The van der Waals surface area contributed by atoms with E-state index in [-0.39, 0.29) is 0 Å². The fourth-order valence-corrected chi connectivity index (χ4v) is 6.06. The van der Waals surface area contributed by atoms with E-state index in [0.717, 1.165) is 47.4 Å². The number of nitrogens with zero attached hydrogens (tertiary/aromatic N) is 1. The van der Waals surface area contributed by atoms with Gasteiger partial charge in [0.15, 0.2) is 0 Å². The molecule has 0 aromatic heterocycles. The molecule has 0 saturated carbocycles. The third-order valence-electron chi connectivity index (χ3n) is 8.20. The predicted molar refractivity (Wildman–Crippen MR) is 176 cm³/mol. The molecule has 3 heteroatoms. The molecule has 5 aromatic carbocycles. The first-order chi connectivity index (χ1) is 21.1. The molecule has 0 bridgehead atoms. The lowest BCUT2D eigenvalue weighted by Gasteiger charge is -2.36. The van der Waals surface area contributed by atoms with Crippen molar-refractivity contribution in [1.82, 2.24) is 4.90 Å². The highest BCUT2D eigenvalue weighted by Gasteiger charge is 2.37. The highest BCUT2D eigenvalue weighted by atomic mass is 16.5. The van der Waals surface area contributed by atoms with E-state index in [1.54, 1.807) is 0 Å². The number of ether oxygens (including phenoxy) is 2. The monoisotopic (exact) mass is 565 g/mol. The Kier molecular flexibility index (Phi) is 8.83. The summed E-state index contributed by atoms with van der Waals surface area (Å²) in [4.78, 5) is 2.23. The van der Waals surface area contributed by atoms with E-state index in [2.05, 4.69) is 159 Å². The summed E-state index contributed by atoms with van der Waals surface area (Å²) >= 11 is 0. The highest BCUT2D eigenvalue weighted by Crippen LogP contribution is 2.41. The molecular weight excluding hydrogens is 526 g/mol. The van der Waals surface area contributed by atoms with Crippen molar-refractivity contribution in [2.75, 3.05) is 27.2 Å². The maximum atomic E-state index is 7.08. The average molecular weight is 566 g/mol. The lowest BCUT2D eigenvalue weighted by Crippen LogP contribution is -2.33. The van der Waals surface area contributed by atoms with Crippen LogP contribution in [0.3, 0.4) is 0 Å². The van der Waals surface area contributed by atoms with Crippen LogP contribution in [-0.4, -0.2) is 32.1 Å². The van der Waals surface area contributed by atoms with E-state index < -0.39 is 5.60 Å². The summed E-state index contributed by atoms with van der Waals surface area (Å²) in [5, 5.41) is 0. The Morgan fingerprint density at radius 2 is 1.28 bits per heavy atom. The van der Waals surface area contributed by atoms with Crippen molar-refractivity contribution in [3.05, 3.63) is 178 Å². The first-order valence-electron chi connectivity index (χ1n) is 15.1. The van der Waals surface area contributed by atoms with Crippen LogP contribution in [0.15, 0.2) is 140 Å². The number of benzene rings is 5. The van der Waals surface area contributed by atoms with Crippen molar-refractivity contribution in [2.45, 2.75) is 25.0 Å². The van der Waals surface area contributed by atoms with E-state index in [9.17, 15) is 0 Å². The minimum atomic E-state index is -0.727. The van der Waals surface area contributed by atoms with Gasteiger partial charge in [0, 0.05) is 12.1 Å². The first-order valence-corrected chi connectivity index (χ1v) is 15.1. The summed E-state index contributed by atoms with van der Waals surface area (Å²) in [6.07, 6.45) is 4.11. The summed E-state index contributed by atoms with van der Waals surface area (Å²) in [6, 6.07) is 47.0. The van der Waals surface area contributed by atoms with Gasteiger partial charge in [-0.25, -0.2) is 0 Å². The molecule has 0 saturated heterocycles. The standard InChI is InChI=1S/C40H39NO2/c1-41(2)27-14-23-37-36-22-13-12-15-32(36)30-42-39-25-24-31(29-38(37)39)26-28-43-40(33-16-6-3-7-17-33,34-18-8-4-9-19-34)35-20-10-5-11-21-35/h3-13,15-25,29H,14,26-28,30H2,1-2H3. The van der Waals surface area contributed by atoms with Crippen molar-refractivity contribution in [3.63, 3.8) is 0 Å². The van der Waals surface area contributed by atoms with E-state index in [1.807, 2.05) is 0 Å². The molecule has 3 nitrogen and oxygen atoms in total. The highest BCUT2D eigenvalue weighted by molar-refractivity contribution is 5.85. The summed E-state index contributed by atoms with van der Waals surface area (Å²) in [5.74, 6) is 0.934. The third kappa shape index (κ3) is 6.19. The number of hydrogen-bond donors (Lipinski definition) is 0. The van der Waals surface area contributed by atoms with E-state index in [1.165, 1.54) is 22.3 Å². The predicted octanol–water partition coefficient (Wildman–Crippen LogP) is 8.51. The Hall–Kier alpha value is -4.44. The summed E-state index contributed by atoms with van der Waals surface area (Å²) < 4.78 is 13.4. The molecule has 0 atom stereocenters. The maximum absolute atomic E-state index is 7.08. The van der Waals surface area contributed by atoms with Gasteiger partial charge in [-0.15, -0.1) is 0 Å². The van der Waals surface area contributed by atoms with Crippen molar-refractivity contribution in [1.29, 1.82) is 0 Å². The van der Waals surface area contributed by atoms with Crippen molar-refractivity contribution < 1.29 is 9.47 Å². The molecule has 6 rings (SSSR count). The first kappa shape index (κ1) is 28.7. The second-order valence-corrected chi connectivity index (χ2v) is 11.4. The number of hydrogen-bond acceptors (Lipinski definition) is 3. The zero-order valence-electron chi connectivity index (χ0n) is 25.1. The van der Waals surface area contributed by atoms with Gasteiger partial charge in [0.05, 0.1) is 6.61 Å². The molecule has 5 aromatic rings. The van der Waals surface area contributed by atoms with Crippen molar-refractivity contribution in [2.24, 2.45) is 0 Å². The lowest BCUT2D eigenvalue weighted by molar-refractivity contribution is 0.0147. The van der Waals surface area contributed by atoms with Crippen molar-refractivity contribution in [3.8, 4) is 5.75 Å². The van der Waals surface area contributed by atoms with Crippen LogP contribution < -0.4 is 4.74 Å². The Morgan fingerprint density at radius 1 is 0.698 bits per heavy atom. The Labute approximate surface area is 256 Å². The zero-order chi connectivity index (χ0) is 29.5. The van der Waals surface area contributed by atoms with Crippen LogP contribution in [0.4, 0.5) is 0 Å². The minimum Gasteiger partial charge on any atom is -0.488 e. The summed E-state index contributed by atoms with van der Waals surface area (Å²) in [5.41, 5.74) is 8.73. The van der Waals surface area contributed by atoms with Gasteiger partial charge < -0.3 is 14.4 Å². The van der Waals surface area contributed by atoms with E-state index in [4.69, 9.17) is 9.47 Å². The van der Waals surface area contributed by atoms with Crippen LogP contribution >= 0.6 is 0 Å². The van der Waals surface area contributed by atoms with Crippen LogP contribution in [0.2, 0.25) is 0 Å². The molecule has 216 valence electrons. The largest absolute Gasteiger partial charge is 0.488 e. The normalized spacial score (nSPS) is 13.7. The lowest BCUT2D eigenvalue weighted by atomic mass is 9.80. The topological polar surface area (TPSA) is 21.7 Å². The van der Waals surface area contributed by atoms with Crippen LogP contribution in [-0.2, 0) is 23.4 Å². The van der Waals surface area contributed by atoms with Gasteiger partial charge in [0.1, 0.15) is 18.0 Å². The Balaban J connectivity index is 1.34. The molecule has 0 amide bonds. The van der Waals surface area contributed by atoms with Gasteiger partial charge in [-0.2, -0.15) is 0 Å². The van der Waals surface area contributed by atoms with E-state index >= 15 is 0 Å². The molecule has 43 heavy (non-hydrogen) atoms. The molecule has 0 fully saturated rings. The van der Waals surface area contributed by atoms with Crippen LogP contribution in [0.1, 0.15) is 45.4 Å². The van der Waals surface area contributed by atoms with Gasteiger partial charge in [-0.1, -0.05) is 127 Å². The van der Waals surface area contributed by atoms with Crippen molar-refractivity contribution >= 4 is 5.57 Å². The SMILES string of the molecule is CN(C)CCC=C1c2ccccc2COc2ccc(CCOC(c3ccccc3)(c3ccccc3)c3ccccc3)cc21. The molecule has 1 heterocycles. The number of rotatable bonds is 10. The Morgan fingerprint density at radius 3 is 1.88 bits per heavy atom. The van der Waals surface area contributed by atoms with Gasteiger partial charge >= 0.3 is 0 Å². The fourth-order valence-electron chi connectivity index (χ4n) is 6.06. The van der Waals surface area contributed by atoms with Crippen LogP contribution in [0, 0.1) is 0 Å². The van der Waals surface area contributed by atoms with Gasteiger partial charge in [-0.3, -0.25) is 0 Å². The average Bonchev–Trinajstić information content (AvgIpc) is 3.21. The number of fused-ring (bicyclic) bond motifs is 2. The molecule has 1 aliphatic heterocycles.